The molecule has 2 aromatic carbocycles. The number of aromatic nitrogens is 2. The van der Waals surface area contributed by atoms with Crippen LogP contribution in [0.1, 0.15) is 11.3 Å². The second-order valence-electron chi connectivity index (χ2n) is 4.95. The zero-order valence-corrected chi connectivity index (χ0v) is 12.0. The summed E-state index contributed by atoms with van der Waals surface area (Å²) in [5, 5.41) is 11.5. The van der Waals surface area contributed by atoms with Gasteiger partial charge in [0.25, 0.3) is 5.56 Å². The fraction of sp³-hybridized carbons (Fsp3) is 0.0588. The minimum atomic E-state index is -0.385. The van der Waals surface area contributed by atoms with Gasteiger partial charge in [-0.05, 0) is 30.3 Å². The predicted molar refractivity (Wildman–Crippen MR) is 85.9 cm³/mol. The lowest BCUT2D eigenvalue weighted by molar-refractivity contribution is -0.115. The maximum atomic E-state index is 12.1. The summed E-state index contributed by atoms with van der Waals surface area (Å²) >= 11 is 0. The number of anilines is 1. The Bertz CT molecular complexity index is 986. The van der Waals surface area contributed by atoms with Gasteiger partial charge in [-0.3, -0.25) is 9.59 Å². The van der Waals surface area contributed by atoms with Crippen LogP contribution in [0.4, 0.5) is 5.69 Å². The van der Waals surface area contributed by atoms with Crippen molar-refractivity contribution in [2.24, 2.45) is 0 Å². The molecule has 1 aromatic heterocycles. The van der Waals surface area contributed by atoms with Crippen LogP contribution in [0.15, 0.2) is 53.3 Å². The number of para-hydroxylation sites is 2. The standard InChI is InChI=1S/C17H12N4O2/c18-10-11-4-3-5-12(8-11)19-16(22)9-15-17(23)21-14-7-2-1-6-13(14)20-15/h1-8H,9H2,(H,19,22)(H,21,23). The SMILES string of the molecule is N#Cc1cccc(NC(=O)Cc2nc3ccccc3[nH]c2=O)c1. The first-order valence-electron chi connectivity index (χ1n) is 6.93. The van der Waals surface area contributed by atoms with Gasteiger partial charge in [-0.15, -0.1) is 0 Å². The lowest BCUT2D eigenvalue weighted by Crippen LogP contribution is -2.22. The quantitative estimate of drug-likeness (QED) is 0.773. The number of hydrogen-bond donors (Lipinski definition) is 2. The topological polar surface area (TPSA) is 98.6 Å². The molecule has 0 aliphatic heterocycles. The van der Waals surface area contributed by atoms with Gasteiger partial charge in [0.2, 0.25) is 5.91 Å². The van der Waals surface area contributed by atoms with E-state index in [2.05, 4.69) is 15.3 Å². The smallest absolute Gasteiger partial charge is 0.270 e. The number of nitriles is 1. The van der Waals surface area contributed by atoms with E-state index in [1.54, 1.807) is 42.5 Å². The Hall–Kier alpha value is -3.46. The van der Waals surface area contributed by atoms with Gasteiger partial charge < -0.3 is 10.3 Å². The Kier molecular flexibility index (Phi) is 3.85. The number of carbonyl (C=O) groups is 1. The number of nitrogens with one attached hydrogen (secondary N) is 2. The molecule has 112 valence electrons. The summed E-state index contributed by atoms with van der Waals surface area (Å²) < 4.78 is 0. The second kappa shape index (κ2) is 6.12. The Labute approximate surface area is 131 Å². The molecular weight excluding hydrogens is 292 g/mol. The van der Waals surface area contributed by atoms with E-state index in [1.807, 2.05) is 12.1 Å². The molecule has 0 aliphatic rings. The molecule has 0 radical (unpaired) electrons. The van der Waals surface area contributed by atoms with Gasteiger partial charge in [0.1, 0.15) is 5.69 Å². The van der Waals surface area contributed by atoms with E-state index in [4.69, 9.17) is 5.26 Å². The van der Waals surface area contributed by atoms with Crippen LogP contribution >= 0.6 is 0 Å². The molecule has 0 saturated carbocycles. The lowest BCUT2D eigenvalue weighted by Gasteiger charge is -2.05. The molecule has 0 saturated heterocycles. The van der Waals surface area contributed by atoms with E-state index in [9.17, 15) is 9.59 Å². The highest BCUT2D eigenvalue weighted by molar-refractivity contribution is 5.92. The van der Waals surface area contributed by atoms with Crippen LogP contribution in [-0.4, -0.2) is 15.9 Å². The van der Waals surface area contributed by atoms with Gasteiger partial charge in [0.05, 0.1) is 29.1 Å². The van der Waals surface area contributed by atoms with Crippen LogP contribution in [0.2, 0.25) is 0 Å². The highest BCUT2D eigenvalue weighted by Gasteiger charge is 2.10. The van der Waals surface area contributed by atoms with E-state index >= 15 is 0 Å². The van der Waals surface area contributed by atoms with Crippen LogP contribution < -0.4 is 10.9 Å². The van der Waals surface area contributed by atoms with Crippen molar-refractivity contribution in [3.8, 4) is 6.07 Å². The molecular formula is C17H12N4O2. The first-order valence-corrected chi connectivity index (χ1v) is 6.93. The first-order chi connectivity index (χ1) is 11.2. The number of amides is 1. The maximum Gasteiger partial charge on any atom is 0.270 e. The third kappa shape index (κ3) is 3.24. The third-order valence-corrected chi connectivity index (χ3v) is 3.27. The van der Waals surface area contributed by atoms with Crippen molar-refractivity contribution in [1.82, 2.24) is 9.97 Å². The maximum absolute atomic E-state index is 12.1. The zero-order chi connectivity index (χ0) is 16.2. The summed E-state index contributed by atoms with van der Waals surface area (Å²) in [6.45, 7) is 0. The Morgan fingerprint density at radius 1 is 1.22 bits per heavy atom. The largest absolute Gasteiger partial charge is 0.326 e. The number of carbonyl (C=O) groups excluding carboxylic acids is 1. The summed E-state index contributed by atoms with van der Waals surface area (Å²) in [5.41, 5.74) is 1.97. The number of benzene rings is 2. The van der Waals surface area contributed by atoms with Crippen molar-refractivity contribution in [3.63, 3.8) is 0 Å². The van der Waals surface area contributed by atoms with E-state index in [0.717, 1.165) is 0 Å². The molecule has 0 aliphatic carbocycles. The number of aromatic amines is 1. The van der Waals surface area contributed by atoms with Gasteiger partial charge in [0.15, 0.2) is 0 Å². The number of fused-ring (bicyclic) bond motifs is 1. The number of hydrogen-bond acceptors (Lipinski definition) is 4. The fourth-order valence-electron chi connectivity index (χ4n) is 2.21. The number of rotatable bonds is 3. The summed E-state index contributed by atoms with van der Waals surface area (Å²) in [5.74, 6) is -0.367. The summed E-state index contributed by atoms with van der Waals surface area (Å²) in [7, 11) is 0. The molecule has 0 bridgehead atoms. The van der Waals surface area contributed by atoms with E-state index in [1.165, 1.54) is 0 Å². The lowest BCUT2D eigenvalue weighted by atomic mass is 10.2. The van der Waals surface area contributed by atoms with E-state index < -0.39 is 0 Å². The molecule has 23 heavy (non-hydrogen) atoms. The van der Waals surface area contributed by atoms with Crippen molar-refractivity contribution in [2.45, 2.75) is 6.42 Å². The Balaban J connectivity index is 1.81. The average Bonchev–Trinajstić information content (AvgIpc) is 2.55. The molecule has 0 atom stereocenters. The molecule has 3 aromatic rings. The monoisotopic (exact) mass is 304 g/mol. The summed E-state index contributed by atoms with van der Waals surface area (Å²) in [4.78, 5) is 31.0. The second-order valence-corrected chi connectivity index (χ2v) is 4.95. The van der Waals surface area contributed by atoms with Crippen molar-refractivity contribution in [1.29, 1.82) is 5.26 Å². The van der Waals surface area contributed by atoms with Crippen molar-refractivity contribution in [2.75, 3.05) is 5.32 Å². The Morgan fingerprint density at radius 2 is 2.04 bits per heavy atom. The number of H-pyrrole nitrogens is 1. The molecule has 3 rings (SSSR count). The normalized spacial score (nSPS) is 10.2. The molecule has 0 fully saturated rings. The molecule has 0 spiro atoms. The van der Waals surface area contributed by atoms with Crippen LogP contribution in [0.3, 0.4) is 0 Å². The predicted octanol–water partition coefficient (Wildman–Crippen LogP) is 1.98. The summed E-state index contributed by atoms with van der Waals surface area (Å²) in [6, 6.07) is 15.7. The number of nitrogens with zero attached hydrogens (tertiary/aromatic N) is 2. The Morgan fingerprint density at radius 3 is 2.87 bits per heavy atom. The molecule has 2 N–H and O–H groups in total. The van der Waals surface area contributed by atoms with Crippen LogP contribution in [0.25, 0.3) is 11.0 Å². The van der Waals surface area contributed by atoms with Crippen LogP contribution in [-0.2, 0) is 11.2 Å². The summed E-state index contributed by atoms with van der Waals surface area (Å²) in [6.07, 6.45) is -0.142. The van der Waals surface area contributed by atoms with Gasteiger partial charge >= 0.3 is 0 Å². The molecule has 6 nitrogen and oxygen atoms in total. The molecule has 0 unspecified atom stereocenters. The van der Waals surface area contributed by atoms with Gasteiger partial charge in [-0.1, -0.05) is 18.2 Å². The molecule has 6 heteroatoms. The molecule has 1 amide bonds. The van der Waals surface area contributed by atoms with Gasteiger partial charge in [0, 0.05) is 5.69 Å². The van der Waals surface area contributed by atoms with Crippen LogP contribution in [0.5, 0.6) is 0 Å². The van der Waals surface area contributed by atoms with Gasteiger partial charge in [-0.25, -0.2) is 4.98 Å². The molecule has 1 heterocycles. The minimum absolute atomic E-state index is 0.142. The van der Waals surface area contributed by atoms with Gasteiger partial charge in [-0.2, -0.15) is 5.26 Å². The minimum Gasteiger partial charge on any atom is -0.326 e. The average molecular weight is 304 g/mol. The van der Waals surface area contributed by atoms with Crippen molar-refractivity contribution < 1.29 is 4.79 Å². The van der Waals surface area contributed by atoms with E-state index in [0.29, 0.717) is 22.3 Å². The van der Waals surface area contributed by atoms with Crippen molar-refractivity contribution >= 4 is 22.6 Å². The highest BCUT2D eigenvalue weighted by atomic mass is 16.2. The van der Waals surface area contributed by atoms with Crippen LogP contribution in [0, 0.1) is 11.3 Å². The highest BCUT2D eigenvalue weighted by Crippen LogP contribution is 2.10. The van der Waals surface area contributed by atoms with E-state index in [-0.39, 0.29) is 23.6 Å². The zero-order valence-electron chi connectivity index (χ0n) is 12.0. The third-order valence-electron chi connectivity index (χ3n) is 3.27. The fourth-order valence-corrected chi connectivity index (χ4v) is 2.21. The van der Waals surface area contributed by atoms with Crippen molar-refractivity contribution in [3.05, 3.63) is 70.1 Å². The first kappa shape index (κ1) is 14.5.